The predicted octanol–water partition coefficient (Wildman–Crippen LogP) is -0.618. The zero-order valence-corrected chi connectivity index (χ0v) is 8.91. The van der Waals surface area contributed by atoms with Gasteiger partial charge in [0.2, 0.25) is 0 Å². The van der Waals surface area contributed by atoms with Crippen molar-refractivity contribution in [2.75, 3.05) is 39.3 Å². The summed E-state index contributed by atoms with van der Waals surface area (Å²) in [5, 5.41) is 12.1. The molecule has 0 bridgehead atoms. The van der Waals surface area contributed by atoms with Crippen LogP contribution in [0.25, 0.3) is 0 Å². The summed E-state index contributed by atoms with van der Waals surface area (Å²) in [5.74, 6) is 0. The summed E-state index contributed by atoms with van der Waals surface area (Å²) in [7, 11) is 0. The van der Waals surface area contributed by atoms with Crippen molar-refractivity contribution in [2.45, 2.75) is 25.3 Å². The molecule has 4 heteroatoms. The summed E-state index contributed by atoms with van der Waals surface area (Å²) in [5.41, 5.74) is 5.53. The SMILES string of the molecule is NCCN1CCCC(NCCCO)C1. The van der Waals surface area contributed by atoms with Crippen molar-refractivity contribution in [3.63, 3.8) is 0 Å². The van der Waals surface area contributed by atoms with Crippen molar-refractivity contribution in [1.82, 2.24) is 10.2 Å². The Bertz CT molecular complexity index is 141. The molecule has 1 heterocycles. The molecule has 0 aromatic heterocycles. The molecule has 0 spiro atoms. The lowest BCUT2D eigenvalue weighted by Gasteiger charge is -2.32. The Labute approximate surface area is 86.5 Å². The number of aliphatic hydroxyl groups is 1. The van der Waals surface area contributed by atoms with Crippen LogP contribution in [0.2, 0.25) is 0 Å². The minimum absolute atomic E-state index is 0.284. The van der Waals surface area contributed by atoms with E-state index in [-0.39, 0.29) is 6.61 Å². The lowest BCUT2D eigenvalue weighted by atomic mass is 10.1. The third-order valence-corrected chi connectivity index (χ3v) is 2.72. The van der Waals surface area contributed by atoms with Gasteiger partial charge in [0.05, 0.1) is 0 Å². The minimum atomic E-state index is 0.284. The number of rotatable bonds is 6. The van der Waals surface area contributed by atoms with Gasteiger partial charge in [-0.05, 0) is 32.4 Å². The summed E-state index contributed by atoms with van der Waals surface area (Å²) in [6.45, 7) is 5.28. The molecule has 84 valence electrons. The highest BCUT2D eigenvalue weighted by Gasteiger charge is 2.17. The van der Waals surface area contributed by atoms with Crippen LogP contribution in [0.5, 0.6) is 0 Å². The van der Waals surface area contributed by atoms with E-state index in [0.717, 1.165) is 32.6 Å². The van der Waals surface area contributed by atoms with Crippen LogP contribution in [-0.4, -0.2) is 55.4 Å². The average molecular weight is 201 g/mol. The first kappa shape index (κ1) is 11.9. The molecule has 1 saturated heterocycles. The van der Waals surface area contributed by atoms with Gasteiger partial charge in [-0.1, -0.05) is 0 Å². The molecular formula is C10H23N3O. The third kappa shape index (κ3) is 4.37. The largest absolute Gasteiger partial charge is 0.396 e. The minimum Gasteiger partial charge on any atom is -0.396 e. The van der Waals surface area contributed by atoms with Gasteiger partial charge in [0, 0.05) is 32.3 Å². The molecule has 14 heavy (non-hydrogen) atoms. The Morgan fingerprint density at radius 3 is 3.07 bits per heavy atom. The van der Waals surface area contributed by atoms with Crippen LogP contribution in [0.1, 0.15) is 19.3 Å². The third-order valence-electron chi connectivity index (χ3n) is 2.72. The van der Waals surface area contributed by atoms with Gasteiger partial charge in [-0.2, -0.15) is 0 Å². The Hall–Kier alpha value is -0.160. The molecule has 4 nitrogen and oxygen atoms in total. The zero-order chi connectivity index (χ0) is 10.2. The Morgan fingerprint density at radius 2 is 2.36 bits per heavy atom. The highest BCUT2D eigenvalue weighted by Crippen LogP contribution is 2.08. The maximum atomic E-state index is 8.67. The molecule has 1 atom stereocenters. The molecule has 1 fully saturated rings. The fourth-order valence-corrected chi connectivity index (χ4v) is 1.99. The number of nitrogens with one attached hydrogen (secondary N) is 1. The van der Waals surface area contributed by atoms with Gasteiger partial charge in [-0.15, -0.1) is 0 Å². The molecule has 1 unspecified atom stereocenters. The van der Waals surface area contributed by atoms with Crippen molar-refractivity contribution in [1.29, 1.82) is 0 Å². The molecule has 4 N–H and O–H groups in total. The van der Waals surface area contributed by atoms with E-state index in [0.29, 0.717) is 6.04 Å². The van der Waals surface area contributed by atoms with Crippen molar-refractivity contribution in [3.8, 4) is 0 Å². The summed E-state index contributed by atoms with van der Waals surface area (Å²) in [6.07, 6.45) is 3.37. The molecular weight excluding hydrogens is 178 g/mol. The van der Waals surface area contributed by atoms with Gasteiger partial charge in [0.1, 0.15) is 0 Å². The molecule has 0 aromatic rings. The molecule has 1 rings (SSSR count). The lowest BCUT2D eigenvalue weighted by molar-refractivity contribution is 0.192. The van der Waals surface area contributed by atoms with Crippen molar-refractivity contribution < 1.29 is 5.11 Å². The van der Waals surface area contributed by atoms with Crippen molar-refractivity contribution in [3.05, 3.63) is 0 Å². The highest BCUT2D eigenvalue weighted by atomic mass is 16.3. The number of nitrogens with zero attached hydrogens (tertiary/aromatic N) is 1. The molecule has 0 radical (unpaired) electrons. The summed E-state index contributed by atoms with van der Waals surface area (Å²) < 4.78 is 0. The maximum absolute atomic E-state index is 8.67. The van der Waals surface area contributed by atoms with Crippen LogP contribution < -0.4 is 11.1 Å². The molecule has 0 aromatic carbocycles. The van der Waals surface area contributed by atoms with E-state index >= 15 is 0 Å². The van der Waals surface area contributed by atoms with Crippen LogP contribution in [0.15, 0.2) is 0 Å². The number of aliphatic hydroxyl groups excluding tert-OH is 1. The number of hydrogen-bond donors (Lipinski definition) is 3. The number of hydrogen-bond acceptors (Lipinski definition) is 4. The topological polar surface area (TPSA) is 61.5 Å². The Kier molecular flexibility index (Phi) is 6.10. The van der Waals surface area contributed by atoms with Gasteiger partial charge >= 0.3 is 0 Å². The van der Waals surface area contributed by atoms with E-state index in [9.17, 15) is 0 Å². The monoisotopic (exact) mass is 201 g/mol. The lowest BCUT2D eigenvalue weighted by Crippen LogP contribution is -2.47. The van der Waals surface area contributed by atoms with Crippen LogP contribution in [0, 0.1) is 0 Å². The van der Waals surface area contributed by atoms with E-state index in [4.69, 9.17) is 10.8 Å². The van der Waals surface area contributed by atoms with Crippen LogP contribution in [-0.2, 0) is 0 Å². The van der Waals surface area contributed by atoms with E-state index in [1.54, 1.807) is 0 Å². The fourth-order valence-electron chi connectivity index (χ4n) is 1.99. The molecule has 0 aliphatic carbocycles. The quantitative estimate of drug-likeness (QED) is 0.501. The molecule has 0 amide bonds. The van der Waals surface area contributed by atoms with Crippen LogP contribution in [0.4, 0.5) is 0 Å². The Balaban J connectivity index is 2.12. The van der Waals surface area contributed by atoms with Crippen molar-refractivity contribution in [2.24, 2.45) is 5.73 Å². The predicted molar refractivity (Wildman–Crippen MR) is 58.2 cm³/mol. The van der Waals surface area contributed by atoms with E-state index in [2.05, 4.69) is 10.2 Å². The normalized spacial score (nSPS) is 24.0. The smallest absolute Gasteiger partial charge is 0.0443 e. The van der Waals surface area contributed by atoms with Gasteiger partial charge in [0.15, 0.2) is 0 Å². The first-order valence-corrected chi connectivity index (χ1v) is 5.63. The second kappa shape index (κ2) is 7.17. The first-order chi connectivity index (χ1) is 6.86. The Morgan fingerprint density at radius 1 is 1.50 bits per heavy atom. The van der Waals surface area contributed by atoms with E-state index < -0.39 is 0 Å². The van der Waals surface area contributed by atoms with E-state index in [1.807, 2.05) is 0 Å². The molecule has 0 saturated carbocycles. The molecule has 1 aliphatic heterocycles. The van der Waals surface area contributed by atoms with Crippen LogP contribution in [0.3, 0.4) is 0 Å². The number of likely N-dealkylation sites (tertiary alicyclic amines) is 1. The van der Waals surface area contributed by atoms with Gasteiger partial charge in [0.25, 0.3) is 0 Å². The highest BCUT2D eigenvalue weighted by molar-refractivity contribution is 4.77. The van der Waals surface area contributed by atoms with Gasteiger partial charge < -0.3 is 21.1 Å². The fraction of sp³-hybridized carbons (Fsp3) is 1.00. The first-order valence-electron chi connectivity index (χ1n) is 5.63. The number of piperidine rings is 1. The summed E-state index contributed by atoms with van der Waals surface area (Å²) in [4.78, 5) is 2.42. The van der Waals surface area contributed by atoms with Gasteiger partial charge in [-0.3, -0.25) is 0 Å². The second-order valence-electron chi connectivity index (χ2n) is 3.96. The summed E-state index contributed by atoms with van der Waals surface area (Å²) in [6, 6.07) is 0.599. The second-order valence-corrected chi connectivity index (χ2v) is 3.96. The standard InChI is InChI=1S/C10H23N3O/c11-4-7-13-6-1-3-10(9-13)12-5-2-8-14/h10,12,14H,1-9,11H2. The zero-order valence-electron chi connectivity index (χ0n) is 8.91. The maximum Gasteiger partial charge on any atom is 0.0443 e. The van der Waals surface area contributed by atoms with Crippen LogP contribution >= 0.6 is 0 Å². The van der Waals surface area contributed by atoms with Gasteiger partial charge in [-0.25, -0.2) is 0 Å². The number of nitrogens with two attached hydrogens (primary N) is 1. The average Bonchev–Trinajstić information content (AvgIpc) is 2.19. The van der Waals surface area contributed by atoms with E-state index in [1.165, 1.54) is 19.4 Å². The molecule has 1 aliphatic rings. The summed E-state index contributed by atoms with van der Waals surface area (Å²) >= 11 is 0. The van der Waals surface area contributed by atoms with Crippen molar-refractivity contribution >= 4 is 0 Å².